The summed E-state index contributed by atoms with van der Waals surface area (Å²) in [5.41, 5.74) is 7.19. The fourth-order valence-electron chi connectivity index (χ4n) is 1.45. The molecular weight excluding hydrogens is 271 g/mol. The van der Waals surface area contributed by atoms with Crippen LogP contribution in [0.1, 0.15) is 11.4 Å². The second-order valence-electron chi connectivity index (χ2n) is 3.69. The zero-order valence-corrected chi connectivity index (χ0v) is 11.1. The zero-order valence-electron chi connectivity index (χ0n) is 9.57. The van der Waals surface area contributed by atoms with Gasteiger partial charge in [0.2, 0.25) is 0 Å². The minimum absolute atomic E-state index is 0.367. The van der Waals surface area contributed by atoms with E-state index in [4.69, 9.17) is 33.7 Å². The molecule has 0 radical (unpaired) electrons. The molecule has 0 amide bonds. The highest BCUT2D eigenvalue weighted by Gasteiger charge is 2.02. The van der Waals surface area contributed by atoms with Gasteiger partial charge < -0.3 is 10.5 Å². The Hall–Kier alpha value is -1.29. The third kappa shape index (κ3) is 3.35. The van der Waals surface area contributed by atoms with Gasteiger partial charge in [0.15, 0.2) is 0 Å². The van der Waals surface area contributed by atoms with Gasteiger partial charge in [-0.25, -0.2) is 0 Å². The monoisotopic (exact) mass is 282 g/mol. The molecule has 18 heavy (non-hydrogen) atoms. The van der Waals surface area contributed by atoms with Crippen molar-refractivity contribution < 1.29 is 4.74 Å². The molecule has 2 rings (SSSR count). The molecule has 1 heterocycles. The summed E-state index contributed by atoms with van der Waals surface area (Å²) in [6, 6.07) is 10.8. The molecule has 0 aliphatic rings. The van der Waals surface area contributed by atoms with Crippen molar-refractivity contribution in [3.8, 4) is 5.75 Å². The third-order valence-corrected chi connectivity index (χ3v) is 3.09. The van der Waals surface area contributed by atoms with Crippen molar-refractivity contribution in [2.45, 2.75) is 13.2 Å². The summed E-state index contributed by atoms with van der Waals surface area (Å²) in [6.07, 6.45) is 0. The lowest BCUT2D eigenvalue weighted by atomic mass is 10.3. The fraction of sp³-hybridized carbons (Fsp3) is 0.154. The summed E-state index contributed by atoms with van der Waals surface area (Å²) in [4.78, 5) is 4.34. The molecule has 0 saturated heterocycles. The summed E-state index contributed by atoms with van der Waals surface area (Å²) >= 11 is 11.7. The smallest absolute Gasteiger partial charge is 0.130 e. The molecule has 0 bridgehead atoms. The SMILES string of the molecule is NCc1cccc(COc2ccc(Cl)c(Cl)c2)n1. The van der Waals surface area contributed by atoms with Crippen LogP contribution in [-0.4, -0.2) is 4.98 Å². The van der Waals surface area contributed by atoms with E-state index in [1.165, 1.54) is 0 Å². The van der Waals surface area contributed by atoms with Crippen LogP contribution in [0, 0.1) is 0 Å². The molecule has 5 heteroatoms. The fourth-order valence-corrected chi connectivity index (χ4v) is 1.74. The van der Waals surface area contributed by atoms with E-state index in [-0.39, 0.29) is 0 Å². The van der Waals surface area contributed by atoms with Crippen molar-refractivity contribution in [3.63, 3.8) is 0 Å². The predicted molar refractivity (Wildman–Crippen MR) is 72.9 cm³/mol. The first-order valence-electron chi connectivity index (χ1n) is 5.42. The number of hydrogen-bond acceptors (Lipinski definition) is 3. The molecule has 0 fully saturated rings. The average molecular weight is 283 g/mol. The number of ether oxygens (including phenoxy) is 1. The van der Waals surface area contributed by atoms with E-state index >= 15 is 0 Å². The molecule has 0 atom stereocenters. The Kier molecular flexibility index (Phi) is 4.42. The molecule has 0 aliphatic heterocycles. The van der Waals surface area contributed by atoms with Crippen LogP contribution in [0.15, 0.2) is 36.4 Å². The van der Waals surface area contributed by atoms with Crippen molar-refractivity contribution in [3.05, 3.63) is 57.8 Å². The lowest BCUT2D eigenvalue weighted by Crippen LogP contribution is -2.04. The predicted octanol–water partition coefficient (Wildman–Crippen LogP) is 3.43. The van der Waals surface area contributed by atoms with E-state index < -0.39 is 0 Å². The Morgan fingerprint density at radius 2 is 1.83 bits per heavy atom. The number of nitrogens with zero attached hydrogens (tertiary/aromatic N) is 1. The van der Waals surface area contributed by atoms with E-state index in [9.17, 15) is 0 Å². The largest absolute Gasteiger partial charge is 0.487 e. The number of rotatable bonds is 4. The molecule has 0 saturated carbocycles. The highest BCUT2D eigenvalue weighted by molar-refractivity contribution is 6.42. The van der Waals surface area contributed by atoms with Gasteiger partial charge in [0.1, 0.15) is 12.4 Å². The molecular formula is C13H12Cl2N2O. The Morgan fingerprint density at radius 1 is 1.06 bits per heavy atom. The van der Waals surface area contributed by atoms with Crippen molar-refractivity contribution in [1.82, 2.24) is 4.98 Å². The van der Waals surface area contributed by atoms with Crippen LogP contribution < -0.4 is 10.5 Å². The Balaban J connectivity index is 2.04. The topological polar surface area (TPSA) is 48.1 Å². The van der Waals surface area contributed by atoms with Gasteiger partial charge in [0.25, 0.3) is 0 Å². The van der Waals surface area contributed by atoms with Crippen LogP contribution in [0.5, 0.6) is 5.75 Å². The Bertz CT molecular complexity index is 546. The van der Waals surface area contributed by atoms with Gasteiger partial charge in [-0.3, -0.25) is 4.98 Å². The van der Waals surface area contributed by atoms with E-state index in [0.29, 0.717) is 28.9 Å². The van der Waals surface area contributed by atoms with Crippen LogP contribution in [-0.2, 0) is 13.2 Å². The quantitative estimate of drug-likeness (QED) is 0.935. The first-order valence-corrected chi connectivity index (χ1v) is 6.17. The van der Waals surface area contributed by atoms with Crippen molar-refractivity contribution in [1.29, 1.82) is 0 Å². The van der Waals surface area contributed by atoms with Crippen LogP contribution in [0.25, 0.3) is 0 Å². The maximum Gasteiger partial charge on any atom is 0.130 e. The molecule has 0 unspecified atom stereocenters. The summed E-state index contributed by atoms with van der Waals surface area (Å²) < 4.78 is 5.58. The highest BCUT2D eigenvalue weighted by Crippen LogP contribution is 2.26. The van der Waals surface area contributed by atoms with Crippen molar-refractivity contribution in [2.24, 2.45) is 5.73 Å². The summed E-state index contributed by atoms with van der Waals surface area (Å²) in [6.45, 7) is 0.784. The van der Waals surface area contributed by atoms with Gasteiger partial charge in [0.05, 0.1) is 21.4 Å². The summed E-state index contributed by atoms with van der Waals surface area (Å²) in [7, 11) is 0. The van der Waals surface area contributed by atoms with E-state index in [0.717, 1.165) is 11.4 Å². The molecule has 1 aromatic heterocycles. The van der Waals surface area contributed by atoms with Crippen molar-refractivity contribution >= 4 is 23.2 Å². The number of pyridine rings is 1. The molecule has 2 N–H and O–H groups in total. The van der Waals surface area contributed by atoms with E-state index in [1.54, 1.807) is 18.2 Å². The highest BCUT2D eigenvalue weighted by atomic mass is 35.5. The normalized spacial score (nSPS) is 10.4. The second kappa shape index (κ2) is 6.05. The second-order valence-corrected chi connectivity index (χ2v) is 4.50. The molecule has 2 aromatic rings. The van der Waals surface area contributed by atoms with Gasteiger partial charge in [-0.1, -0.05) is 29.3 Å². The number of hydrogen-bond donors (Lipinski definition) is 1. The van der Waals surface area contributed by atoms with Gasteiger partial charge in [0, 0.05) is 12.6 Å². The number of nitrogens with two attached hydrogens (primary N) is 1. The lowest BCUT2D eigenvalue weighted by Gasteiger charge is -2.07. The molecule has 94 valence electrons. The Labute approximate surface area is 115 Å². The van der Waals surface area contributed by atoms with Gasteiger partial charge >= 0.3 is 0 Å². The van der Waals surface area contributed by atoms with Gasteiger partial charge in [-0.2, -0.15) is 0 Å². The van der Waals surface area contributed by atoms with Crippen LogP contribution in [0.4, 0.5) is 0 Å². The van der Waals surface area contributed by atoms with Crippen LogP contribution >= 0.6 is 23.2 Å². The van der Waals surface area contributed by atoms with Crippen LogP contribution in [0.2, 0.25) is 10.0 Å². The average Bonchev–Trinajstić information content (AvgIpc) is 2.40. The number of aromatic nitrogens is 1. The van der Waals surface area contributed by atoms with Crippen LogP contribution in [0.3, 0.4) is 0 Å². The molecule has 3 nitrogen and oxygen atoms in total. The maximum atomic E-state index is 5.90. The summed E-state index contributed by atoms with van der Waals surface area (Å²) in [5.74, 6) is 0.657. The molecule has 0 aliphatic carbocycles. The minimum atomic E-state index is 0.367. The maximum absolute atomic E-state index is 5.90. The van der Waals surface area contributed by atoms with E-state index in [2.05, 4.69) is 4.98 Å². The van der Waals surface area contributed by atoms with E-state index in [1.807, 2.05) is 18.2 Å². The Morgan fingerprint density at radius 3 is 2.56 bits per heavy atom. The molecule has 0 spiro atoms. The third-order valence-electron chi connectivity index (χ3n) is 2.35. The first kappa shape index (κ1) is 13.1. The summed E-state index contributed by atoms with van der Waals surface area (Å²) in [5, 5.41) is 0.977. The first-order chi connectivity index (χ1) is 8.69. The number of benzene rings is 1. The standard InChI is InChI=1S/C13H12Cl2N2O/c14-12-5-4-11(6-13(12)15)18-8-10-3-1-2-9(7-16)17-10/h1-6H,7-8,16H2. The zero-order chi connectivity index (χ0) is 13.0. The minimum Gasteiger partial charge on any atom is -0.487 e. The molecule has 1 aromatic carbocycles. The van der Waals surface area contributed by atoms with Gasteiger partial charge in [-0.15, -0.1) is 0 Å². The number of halogens is 2. The van der Waals surface area contributed by atoms with Crippen molar-refractivity contribution in [2.75, 3.05) is 0 Å². The lowest BCUT2D eigenvalue weighted by molar-refractivity contribution is 0.301. The van der Waals surface area contributed by atoms with Gasteiger partial charge in [-0.05, 0) is 24.3 Å².